The Kier molecular flexibility index (Phi) is 2.66. The number of aromatic nitrogens is 4. The molecule has 1 saturated carbocycles. The standard InChI is InChI=1S/C12H18N6/c13-10-9-11(16-7-15-10)18-8(17-9)6-12(14)4-2-1-3-5-12/h7H,1-6,14H2,(H3,13,15,16,17,18). The molecule has 2 aromatic rings. The third kappa shape index (κ3) is 2.03. The van der Waals surface area contributed by atoms with Crippen molar-refractivity contribution in [2.24, 2.45) is 5.73 Å². The fraction of sp³-hybridized carbons (Fsp3) is 0.583. The molecule has 18 heavy (non-hydrogen) atoms. The maximum absolute atomic E-state index is 6.42. The van der Waals surface area contributed by atoms with Crippen LogP contribution in [0.25, 0.3) is 11.2 Å². The number of H-pyrrole nitrogens is 1. The summed E-state index contributed by atoms with van der Waals surface area (Å²) in [7, 11) is 0. The number of imidazole rings is 1. The largest absolute Gasteiger partial charge is 0.382 e. The molecule has 96 valence electrons. The zero-order valence-electron chi connectivity index (χ0n) is 10.3. The van der Waals surface area contributed by atoms with Crippen molar-refractivity contribution in [1.29, 1.82) is 0 Å². The first-order valence-electron chi connectivity index (χ1n) is 6.40. The smallest absolute Gasteiger partial charge is 0.183 e. The molecule has 0 unspecified atom stereocenters. The molecule has 6 heteroatoms. The normalized spacial score (nSPS) is 19.2. The predicted octanol–water partition coefficient (Wildman–Crippen LogP) is 1.14. The van der Waals surface area contributed by atoms with Crippen LogP contribution in [0.2, 0.25) is 0 Å². The Morgan fingerprint density at radius 3 is 2.72 bits per heavy atom. The number of hydrogen-bond acceptors (Lipinski definition) is 5. The zero-order chi connectivity index (χ0) is 12.6. The molecule has 2 aromatic heterocycles. The van der Waals surface area contributed by atoms with Gasteiger partial charge in [-0.25, -0.2) is 15.0 Å². The average Bonchev–Trinajstić information content (AvgIpc) is 2.73. The summed E-state index contributed by atoms with van der Waals surface area (Å²) in [5.41, 5.74) is 13.4. The van der Waals surface area contributed by atoms with Gasteiger partial charge in [-0.1, -0.05) is 19.3 Å². The number of nitrogens with zero attached hydrogens (tertiary/aromatic N) is 3. The van der Waals surface area contributed by atoms with Crippen LogP contribution in [0.1, 0.15) is 37.9 Å². The minimum Gasteiger partial charge on any atom is -0.382 e. The molecule has 0 atom stereocenters. The molecule has 0 amide bonds. The molecule has 0 aromatic carbocycles. The summed E-state index contributed by atoms with van der Waals surface area (Å²) in [5.74, 6) is 1.30. The predicted molar refractivity (Wildman–Crippen MR) is 69.8 cm³/mol. The van der Waals surface area contributed by atoms with Gasteiger partial charge in [0.2, 0.25) is 0 Å². The monoisotopic (exact) mass is 246 g/mol. The maximum Gasteiger partial charge on any atom is 0.183 e. The van der Waals surface area contributed by atoms with Crippen LogP contribution in [0, 0.1) is 0 Å². The second-order valence-electron chi connectivity index (χ2n) is 5.24. The van der Waals surface area contributed by atoms with Crippen molar-refractivity contribution in [3.8, 4) is 0 Å². The Labute approximate surface area is 105 Å². The fourth-order valence-corrected chi connectivity index (χ4v) is 2.74. The lowest BCUT2D eigenvalue weighted by atomic mass is 9.80. The van der Waals surface area contributed by atoms with Gasteiger partial charge in [0, 0.05) is 12.0 Å². The van der Waals surface area contributed by atoms with E-state index in [1.165, 1.54) is 25.6 Å². The van der Waals surface area contributed by atoms with E-state index in [-0.39, 0.29) is 5.54 Å². The molecule has 2 heterocycles. The highest BCUT2D eigenvalue weighted by molar-refractivity contribution is 5.80. The summed E-state index contributed by atoms with van der Waals surface area (Å²) < 4.78 is 0. The molecular weight excluding hydrogens is 228 g/mol. The van der Waals surface area contributed by atoms with Gasteiger partial charge in [0.1, 0.15) is 17.7 Å². The van der Waals surface area contributed by atoms with Crippen molar-refractivity contribution in [2.75, 3.05) is 5.73 Å². The average molecular weight is 246 g/mol. The Bertz CT molecular complexity index is 555. The number of anilines is 1. The molecule has 0 spiro atoms. The number of rotatable bonds is 2. The molecule has 5 N–H and O–H groups in total. The first kappa shape index (κ1) is 11.4. The third-order valence-corrected chi connectivity index (χ3v) is 3.74. The number of fused-ring (bicyclic) bond motifs is 1. The molecule has 3 rings (SSSR count). The van der Waals surface area contributed by atoms with Crippen LogP contribution in [0.5, 0.6) is 0 Å². The van der Waals surface area contributed by atoms with Gasteiger partial charge < -0.3 is 16.5 Å². The summed E-state index contributed by atoms with van der Waals surface area (Å²) in [6.07, 6.45) is 8.01. The summed E-state index contributed by atoms with van der Waals surface area (Å²) in [6, 6.07) is 0. The van der Waals surface area contributed by atoms with Crippen molar-refractivity contribution in [3.05, 3.63) is 12.2 Å². The highest BCUT2D eigenvalue weighted by Gasteiger charge is 2.29. The van der Waals surface area contributed by atoms with Crippen molar-refractivity contribution >= 4 is 17.0 Å². The van der Waals surface area contributed by atoms with Crippen molar-refractivity contribution < 1.29 is 0 Å². The van der Waals surface area contributed by atoms with Crippen LogP contribution in [0.4, 0.5) is 5.82 Å². The van der Waals surface area contributed by atoms with E-state index in [9.17, 15) is 0 Å². The first-order chi connectivity index (χ1) is 8.66. The Morgan fingerprint density at radius 1 is 1.22 bits per heavy atom. The topological polar surface area (TPSA) is 106 Å². The Morgan fingerprint density at radius 2 is 2.00 bits per heavy atom. The van der Waals surface area contributed by atoms with E-state index >= 15 is 0 Å². The summed E-state index contributed by atoms with van der Waals surface area (Å²) in [4.78, 5) is 15.7. The second-order valence-corrected chi connectivity index (χ2v) is 5.24. The first-order valence-corrected chi connectivity index (χ1v) is 6.40. The van der Waals surface area contributed by atoms with E-state index in [4.69, 9.17) is 11.5 Å². The van der Waals surface area contributed by atoms with Gasteiger partial charge >= 0.3 is 0 Å². The number of hydrogen-bond donors (Lipinski definition) is 3. The quantitative estimate of drug-likeness (QED) is 0.736. The Hall–Kier alpha value is -1.69. The maximum atomic E-state index is 6.42. The van der Waals surface area contributed by atoms with Crippen LogP contribution >= 0.6 is 0 Å². The lowest BCUT2D eigenvalue weighted by Crippen LogP contribution is -2.44. The van der Waals surface area contributed by atoms with Gasteiger partial charge in [0.25, 0.3) is 0 Å². The molecule has 1 fully saturated rings. The van der Waals surface area contributed by atoms with E-state index in [2.05, 4.69) is 19.9 Å². The molecule has 6 nitrogen and oxygen atoms in total. The van der Waals surface area contributed by atoms with Crippen LogP contribution in [0.15, 0.2) is 6.33 Å². The van der Waals surface area contributed by atoms with Gasteiger partial charge in [0.15, 0.2) is 11.5 Å². The highest BCUT2D eigenvalue weighted by atomic mass is 15.0. The van der Waals surface area contributed by atoms with Gasteiger partial charge in [-0.3, -0.25) is 0 Å². The van der Waals surface area contributed by atoms with Crippen LogP contribution in [-0.4, -0.2) is 25.5 Å². The van der Waals surface area contributed by atoms with Crippen LogP contribution in [-0.2, 0) is 6.42 Å². The molecule has 0 radical (unpaired) electrons. The van der Waals surface area contributed by atoms with Crippen molar-refractivity contribution in [3.63, 3.8) is 0 Å². The lowest BCUT2D eigenvalue weighted by Gasteiger charge is -2.32. The van der Waals surface area contributed by atoms with Crippen molar-refractivity contribution in [2.45, 2.75) is 44.1 Å². The van der Waals surface area contributed by atoms with E-state index in [1.807, 2.05) is 0 Å². The lowest BCUT2D eigenvalue weighted by molar-refractivity contribution is 0.290. The summed E-state index contributed by atoms with van der Waals surface area (Å²) in [6.45, 7) is 0. The van der Waals surface area contributed by atoms with E-state index in [0.29, 0.717) is 17.0 Å². The van der Waals surface area contributed by atoms with Crippen molar-refractivity contribution in [1.82, 2.24) is 19.9 Å². The second kappa shape index (κ2) is 4.20. The molecular formula is C12H18N6. The summed E-state index contributed by atoms with van der Waals surface area (Å²) >= 11 is 0. The number of aromatic amines is 1. The minimum atomic E-state index is -0.131. The van der Waals surface area contributed by atoms with Crippen LogP contribution in [0.3, 0.4) is 0 Å². The van der Waals surface area contributed by atoms with Crippen LogP contribution < -0.4 is 11.5 Å². The minimum absolute atomic E-state index is 0.131. The number of nitrogens with two attached hydrogens (primary N) is 2. The molecule has 0 saturated heterocycles. The third-order valence-electron chi connectivity index (χ3n) is 3.74. The van der Waals surface area contributed by atoms with E-state index < -0.39 is 0 Å². The number of nitrogen functional groups attached to an aromatic ring is 1. The fourth-order valence-electron chi connectivity index (χ4n) is 2.74. The number of nitrogens with one attached hydrogen (secondary N) is 1. The summed E-state index contributed by atoms with van der Waals surface area (Å²) in [5, 5.41) is 0. The highest BCUT2D eigenvalue weighted by Crippen LogP contribution is 2.29. The SMILES string of the molecule is Nc1ncnc2nc(CC3(N)CCCCC3)[nH]c12. The van der Waals surface area contributed by atoms with Gasteiger partial charge in [0.05, 0.1) is 0 Å². The Balaban J connectivity index is 1.88. The zero-order valence-corrected chi connectivity index (χ0v) is 10.3. The van der Waals surface area contributed by atoms with Gasteiger partial charge in [-0.15, -0.1) is 0 Å². The molecule has 1 aliphatic carbocycles. The van der Waals surface area contributed by atoms with Gasteiger partial charge in [-0.05, 0) is 12.8 Å². The van der Waals surface area contributed by atoms with E-state index in [1.54, 1.807) is 0 Å². The molecule has 0 aliphatic heterocycles. The van der Waals surface area contributed by atoms with Gasteiger partial charge in [-0.2, -0.15) is 0 Å². The van der Waals surface area contributed by atoms with E-state index in [0.717, 1.165) is 25.1 Å². The molecule has 1 aliphatic rings. The molecule has 0 bridgehead atoms.